The summed E-state index contributed by atoms with van der Waals surface area (Å²) in [6, 6.07) is -0.875. The fraction of sp³-hybridized carbons (Fsp3) is 0.919. The van der Waals surface area contributed by atoms with Crippen LogP contribution in [0.5, 0.6) is 0 Å². The molecule has 0 aliphatic carbocycles. The highest BCUT2D eigenvalue weighted by atomic mass is 31.2. The van der Waals surface area contributed by atoms with Crippen molar-refractivity contribution in [2.75, 3.05) is 40.9 Å². The second kappa shape index (κ2) is 30.3. The molecule has 0 rings (SSSR count). The molecule has 274 valence electrons. The Morgan fingerprint density at radius 1 is 0.739 bits per heavy atom. The standard InChI is InChI=1S/C37H75N2O6P/c1-6-8-10-12-13-14-15-16-17-18-19-20-21-22-23-24-25-26-27-28-30-36(40)35(38-37(41)31-29-11-9-7-2)34-45-46(42,43)44-33-32-39(3,4)5/h28,30,35-36,40H,6-27,29,31-34H2,1-5H3,(H-,38,41,42,43)/b30-28+. The number of amides is 1. The fourth-order valence-electron chi connectivity index (χ4n) is 5.39. The minimum absolute atomic E-state index is 0.000585. The summed E-state index contributed by atoms with van der Waals surface area (Å²) < 4.78 is 22.9. The number of phosphoric acid groups is 1. The number of carbonyl (C=O) groups is 1. The first-order valence-electron chi connectivity index (χ1n) is 19.1. The summed E-state index contributed by atoms with van der Waals surface area (Å²) in [7, 11) is 1.26. The van der Waals surface area contributed by atoms with Crippen molar-refractivity contribution in [2.24, 2.45) is 0 Å². The summed E-state index contributed by atoms with van der Waals surface area (Å²) in [4.78, 5) is 24.8. The molecule has 1 amide bonds. The van der Waals surface area contributed by atoms with E-state index in [-0.39, 0.29) is 19.1 Å². The highest BCUT2D eigenvalue weighted by molar-refractivity contribution is 7.45. The number of carbonyl (C=O) groups excluding carboxylic acids is 1. The Balaban J connectivity index is 4.20. The van der Waals surface area contributed by atoms with E-state index in [1.165, 1.54) is 103 Å². The van der Waals surface area contributed by atoms with Crippen LogP contribution >= 0.6 is 7.82 Å². The van der Waals surface area contributed by atoms with Crippen LogP contribution in [-0.2, 0) is 18.4 Å². The lowest BCUT2D eigenvalue weighted by Gasteiger charge is -2.29. The van der Waals surface area contributed by atoms with Gasteiger partial charge < -0.3 is 28.8 Å². The Hall–Kier alpha value is -0.760. The van der Waals surface area contributed by atoms with Crippen molar-refractivity contribution >= 4 is 13.7 Å². The largest absolute Gasteiger partial charge is 0.756 e. The minimum Gasteiger partial charge on any atom is -0.756 e. The molecule has 0 radical (unpaired) electrons. The summed E-state index contributed by atoms with van der Waals surface area (Å²) in [6.45, 7) is 4.51. The van der Waals surface area contributed by atoms with Gasteiger partial charge in [-0.3, -0.25) is 9.36 Å². The third kappa shape index (κ3) is 31.8. The Morgan fingerprint density at radius 3 is 1.63 bits per heavy atom. The van der Waals surface area contributed by atoms with Gasteiger partial charge in [0.05, 0.1) is 39.9 Å². The maximum Gasteiger partial charge on any atom is 0.268 e. The zero-order valence-corrected chi connectivity index (χ0v) is 31.7. The molecule has 0 fully saturated rings. The lowest BCUT2D eigenvalue weighted by Crippen LogP contribution is -2.45. The molecule has 46 heavy (non-hydrogen) atoms. The highest BCUT2D eigenvalue weighted by Crippen LogP contribution is 2.38. The van der Waals surface area contributed by atoms with Crippen molar-refractivity contribution in [3.8, 4) is 0 Å². The second-order valence-electron chi connectivity index (χ2n) is 14.3. The predicted molar refractivity (Wildman–Crippen MR) is 192 cm³/mol. The second-order valence-corrected chi connectivity index (χ2v) is 15.7. The first-order chi connectivity index (χ1) is 22.0. The van der Waals surface area contributed by atoms with Crippen molar-refractivity contribution in [3.63, 3.8) is 0 Å². The average Bonchev–Trinajstić information content (AvgIpc) is 2.99. The first-order valence-corrected chi connectivity index (χ1v) is 20.5. The number of aliphatic hydroxyl groups excluding tert-OH is 1. The van der Waals surface area contributed by atoms with Gasteiger partial charge in [0, 0.05) is 6.42 Å². The van der Waals surface area contributed by atoms with Crippen LogP contribution in [0.4, 0.5) is 0 Å². The zero-order chi connectivity index (χ0) is 34.4. The number of quaternary nitrogens is 1. The molecule has 0 aromatic carbocycles. The Morgan fingerprint density at radius 2 is 1.17 bits per heavy atom. The van der Waals surface area contributed by atoms with Gasteiger partial charge in [-0.25, -0.2) is 0 Å². The molecule has 8 nitrogen and oxygen atoms in total. The molecular formula is C37H75N2O6P. The summed E-state index contributed by atoms with van der Waals surface area (Å²) >= 11 is 0. The zero-order valence-electron chi connectivity index (χ0n) is 30.8. The molecule has 0 heterocycles. The van der Waals surface area contributed by atoms with Crippen molar-refractivity contribution in [1.82, 2.24) is 5.32 Å². The molecule has 0 saturated heterocycles. The van der Waals surface area contributed by atoms with Gasteiger partial charge in [-0.15, -0.1) is 0 Å². The number of allylic oxidation sites excluding steroid dienone is 1. The maximum atomic E-state index is 12.5. The van der Waals surface area contributed by atoms with Crippen LogP contribution in [0.1, 0.15) is 168 Å². The van der Waals surface area contributed by atoms with E-state index in [4.69, 9.17) is 9.05 Å². The summed E-state index contributed by atoms with van der Waals surface area (Å²) in [5.41, 5.74) is 0. The molecule has 0 saturated carbocycles. The van der Waals surface area contributed by atoms with Gasteiger partial charge in [0.15, 0.2) is 0 Å². The van der Waals surface area contributed by atoms with E-state index >= 15 is 0 Å². The molecule has 0 spiro atoms. The number of rotatable bonds is 34. The molecule has 0 bridgehead atoms. The summed E-state index contributed by atoms with van der Waals surface area (Å²) in [5, 5.41) is 13.6. The van der Waals surface area contributed by atoms with E-state index in [1.807, 2.05) is 27.2 Å². The number of unbranched alkanes of at least 4 members (excludes halogenated alkanes) is 21. The van der Waals surface area contributed by atoms with E-state index in [1.54, 1.807) is 6.08 Å². The van der Waals surface area contributed by atoms with Crippen LogP contribution in [0, 0.1) is 0 Å². The van der Waals surface area contributed by atoms with Crippen LogP contribution in [0.25, 0.3) is 0 Å². The molecule has 0 aliphatic heterocycles. The van der Waals surface area contributed by atoms with Gasteiger partial charge >= 0.3 is 0 Å². The quantitative estimate of drug-likeness (QED) is 0.0305. The third-order valence-corrected chi connectivity index (χ3v) is 9.46. The van der Waals surface area contributed by atoms with Crippen LogP contribution in [0.15, 0.2) is 12.2 Å². The van der Waals surface area contributed by atoms with Crippen molar-refractivity contribution < 1.29 is 32.9 Å². The van der Waals surface area contributed by atoms with E-state index in [9.17, 15) is 19.4 Å². The van der Waals surface area contributed by atoms with Gasteiger partial charge in [0.25, 0.3) is 7.82 Å². The maximum absolute atomic E-state index is 12.5. The van der Waals surface area contributed by atoms with Gasteiger partial charge in [0.2, 0.25) is 5.91 Å². The van der Waals surface area contributed by atoms with Gasteiger partial charge in [-0.2, -0.15) is 0 Å². The number of hydrogen-bond acceptors (Lipinski definition) is 6. The summed E-state index contributed by atoms with van der Waals surface area (Å²) in [5.74, 6) is -0.215. The van der Waals surface area contributed by atoms with Crippen molar-refractivity contribution in [2.45, 2.75) is 180 Å². The number of nitrogens with one attached hydrogen (secondary N) is 1. The van der Waals surface area contributed by atoms with E-state index in [0.717, 1.165) is 44.9 Å². The highest BCUT2D eigenvalue weighted by Gasteiger charge is 2.23. The fourth-order valence-corrected chi connectivity index (χ4v) is 6.11. The van der Waals surface area contributed by atoms with Gasteiger partial charge in [-0.05, 0) is 19.3 Å². The average molecular weight is 675 g/mol. The Kier molecular flexibility index (Phi) is 29.8. The molecule has 0 aromatic rings. The van der Waals surface area contributed by atoms with E-state index in [2.05, 4.69) is 19.2 Å². The molecule has 0 aromatic heterocycles. The lowest BCUT2D eigenvalue weighted by molar-refractivity contribution is -0.870. The van der Waals surface area contributed by atoms with Crippen LogP contribution in [0.3, 0.4) is 0 Å². The van der Waals surface area contributed by atoms with Crippen molar-refractivity contribution in [3.05, 3.63) is 12.2 Å². The normalized spacial score (nSPS) is 14.8. The molecule has 2 N–H and O–H groups in total. The molecule has 0 aliphatic rings. The topological polar surface area (TPSA) is 108 Å². The third-order valence-electron chi connectivity index (χ3n) is 8.50. The van der Waals surface area contributed by atoms with Crippen LogP contribution < -0.4 is 10.2 Å². The number of hydrogen-bond donors (Lipinski definition) is 2. The predicted octanol–water partition coefficient (Wildman–Crippen LogP) is 9.00. The van der Waals surface area contributed by atoms with Crippen molar-refractivity contribution in [1.29, 1.82) is 0 Å². The number of likely N-dealkylation sites (N-methyl/N-ethyl adjacent to an activating group) is 1. The Bertz CT molecular complexity index is 773. The Labute approximate surface area is 284 Å². The van der Waals surface area contributed by atoms with E-state index in [0.29, 0.717) is 17.4 Å². The number of aliphatic hydroxyl groups is 1. The van der Waals surface area contributed by atoms with Gasteiger partial charge in [0.1, 0.15) is 13.2 Å². The first kappa shape index (κ1) is 45.2. The lowest BCUT2D eigenvalue weighted by atomic mass is 10.0. The SMILES string of the molecule is CCCCCCCCCCCCCCCCCCCC/C=C/C(O)C(COP(=O)([O-])OCC[N+](C)(C)C)NC(=O)CCCCCC. The molecule has 9 heteroatoms. The van der Waals surface area contributed by atoms with Gasteiger partial charge in [-0.1, -0.05) is 154 Å². The smallest absolute Gasteiger partial charge is 0.268 e. The molecular weight excluding hydrogens is 599 g/mol. The number of nitrogens with zero attached hydrogens (tertiary/aromatic N) is 1. The van der Waals surface area contributed by atoms with Crippen LogP contribution in [-0.4, -0.2) is 68.5 Å². The molecule has 3 atom stereocenters. The summed E-state index contributed by atoms with van der Waals surface area (Å²) in [6.07, 6.45) is 31.7. The molecule has 3 unspecified atom stereocenters. The monoisotopic (exact) mass is 675 g/mol. The van der Waals surface area contributed by atoms with E-state index < -0.39 is 20.0 Å². The number of phosphoric ester groups is 1. The minimum atomic E-state index is -4.56. The van der Waals surface area contributed by atoms with Crippen LogP contribution in [0.2, 0.25) is 0 Å².